The lowest BCUT2D eigenvalue weighted by atomic mass is 10.2. The van der Waals surface area contributed by atoms with E-state index in [9.17, 15) is 14.4 Å². The SMILES string of the molecule is CN(Cc1nnc2n1CCCCC2)C(=O)Cn1[nH]c(=O)c2ccccc2c1=O. The van der Waals surface area contributed by atoms with Crippen LogP contribution in [0.1, 0.15) is 30.9 Å². The van der Waals surface area contributed by atoms with E-state index in [2.05, 4.69) is 19.9 Å². The second-order valence-corrected chi connectivity index (χ2v) is 7.12. The number of likely N-dealkylation sites (N-methyl/N-ethyl adjacent to an activating group) is 1. The number of hydrogen-bond donors (Lipinski definition) is 1. The van der Waals surface area contributed by atoms with E-state index in [4.69, 9.17) is 0 Å². The number of nitrogens with zero attached hydrogens (tertiary/aromatic N) is 5. The molecule has 1 aromatic carbocycles. The molecule has 3 heterocycles. The van der Waals surface area contributed by atoms with E-state index in [1.807, 2.05) is 0 Å². The summed E-state index contributed by atoms with van der Waals surface area (Å²) >= 11 is 0. The minimum atomic E-state index is -0.395. The molecule has 1 aliphatic heterocycles. The van der Waals surface area contributed by atoms with Crippen LogP contribution in [0.15, 0.2) is 33.9 Å². The summed E-state index contributed by atoms with van der Waals surface area (Å²) in [5, 5.41) is 11.6. The molecule has 146 valence electrons. The van der Waals surface area contributed by atoms with Crippen molar-refractivity contribution in [3.05, 3.63) is 56.6 Å². The van der Waals surface area contributed by atoms with Gasteiger partial charge in [0.1, 0.15) is 12.4 Å². The van der Waals surface area contributed by atoms with Crippen LogP contribution in [0.2, 0.25) is 0 Å². The molecule has 0 fully saturated rings. The molecule has 0 atom stereocenters. The summed E-state index contributed by atoms with van der Waals surface area (Å²) in [6.45, 7) is 0.923. The number of aromatic amines is 1. The van der Waals surface area contributed by atoms with Crippen LogP contribution in [0.25, 0.3) is 10.8 Å². The number of amides is 1. The maximum absolute atomic E-state index is 12.7. The largest absolute Gasteiger partial charge is 0.337 e. The Morgan fingerprint density at radius 1 is 1.14 bits per heavy atom. The van der Waals surface area contributed by atoms with Crippen molar-refractivity contribution in [2.24, 2.45) is 0 Å². The van der Waals surface area contributed by atoms with Crippen LogP contribution in [-0.4, -0.2) is 42.4 Å². The normalized spacial score (nSPS) is 13.9. The third-order valence-electron chi connectivity index (χ3n) is 5.17. The third-order valence-corrected chi connectivity index (χ3v) is 5.17. The first kappa shape index (κ1) is 18.1. The van der Waals surface area contributed by atoms with Crippen LogP contribution >= 0.6 is 0 Å². The number of fused-ring (bicyclic) bond motifs is 2. The van der Waals surface area contributed by atoms with Crippen LogP contribution in [0, 0.1) is 0 Å². The number of nitrogens with one attached hydrogen (secondary N) is 1. The molecule has 0 bridgehead atoms. The minimum Gasteiger partial charge on any atom is -0.337 e. The van der Waals surface area contributed by atoms with E-state index in [1.54, 1.807) is 31.3 Å². The van der Waals surface area contributed by atoms with Gasteiger partial charge in [-0.05, 0) is 25.0 Å². The zero-order valence-electron chi connectivity index (χ0n) is 15.7. The average Bonchev–Trinajstić information content (AvgIpc) is 2.92. The summed E-state index contributed by atoms with van der Waals surface area (Å²) in [6, 6.07) is 6.56. The highest BCUT2D eigenvalue weighted by Crippen LogP contribution is 2.15. The predicted octanol–water partition coefficient (Wildman–Crippen LogP) is 0.666. The second kappa shape index (κ2) is 7.41. The first-order valence-electron chi connectivity index (χ1n) is 9.41. The molecular formula is C19H22N6O3. The van der Waals surface area contributed by atoms with Crippen molar-refractivity contribution in [3.63, 3.8) is 0 Å². The third kappa shape index (κ3) is 3.35. The molecule has 0 unspecified atom stereocenters. The van der Waals surface area contributed by atoms with Crippen molar-refractivity contribution in [2.45, 2.75) is 45.3 Å². The highest BCUT2D eigenvalue weighted by Gasteiger charge is 2.19. The Hall–Kier alpha value is -3.23. The van der Waals surface area contributed by atoms with Gasteiger partial charge in [-0.25, -0.2) is 4.68 Å². The first-order chi connectivity index (χ1) is 13.5. The minimum absolute atomic E-state index is 0.240. The van der Waals surface area contributed by atoms with Crippen molar-refractivity contribution >= 4 is 16.7 Å². The van der Waals surface area contributed by atoms with Crippen LogP contribution < -0.4 is 11.1 Å². The van der Waals surface area contributed by atoms with Crippen LogP contribution in [0.5, 0.6) is 0 Å². The molecule has 0 spiro atoms. The highest BCUT2D eigenvalue weighted by atomic mass is 16.2. The highest BCUT2D eigenvalue weighted by molar-refractivity contribution is 5.81. The predicted molar refractivity (Wildman–Crippen MR) is 103 cm³/mol. The molecule has 1 N–H and O–H groups in total. The molecule has 28 heavy (non-hydrogen) atoms. The van der Waals surface area contributed by atoms with Gasteiger partial charge in [0.25, 0.3) is 11.1 Å². The van der Waals surface area contributed by atoms with Crippen LogP contribution in [0.3, 0.4) is 0 Å². The fourth-order valence-electron chi connectivity index (χ4n) is 3.58. The number of aromatic nitrogens is 5. The maximum atomic E-state index is 12.7. The number of hydrogen-bond acceptors (Lipinski definition) is 5. The lowest BCUT2D eigenvalue weighted by molar-refractivity contribution is -0.131. The van der Waals surface area contributed by atoms with E-state index in [1.165, 1.54) is 4.90 Å². The summed E-state index contributed by atoms with van der Waals surface area (Å²) in [4.78, 5) is 38.9. The molecule has 9 nitrogen and oxygen atoms in total. The number of rotatable bonds is 4. The van der Waals surface area contributed by atoms with Gasteiger partial charge in [-0.1, -0.05) is 18.6 Å². The van der Waals surface area contributed by atoms with Gasteiger partial charge in [0.05, 0.1) is 17.3 Å². The molecular weight excluding hydrogens is 360 g/mol. The summed E-state index contributed by atoms with van der Waals surface area (Å²) in [5.41, 5.74) is -0.790. The molecule has 2 aromatic heterocycles. The number of benzene rings is 1. The molecule has 3 aromatic rings. The number of carbonyl (C=O) groups excluding carboxylic acids is 1. The van der Waals surface area contributed by atoms with E-state index in [0.717, 1.165) is 48.6 Å². The average molecular weight is 382 g/mol. The summed E-state index contributed by atoms with van der Waals surface area (Å²) < 4.78 is 3.15. The standard InChI is InChI=1S/C19H22N6O3/c1-23(11-16-21-20-15-9-3-2-6-10-24(15)16)17(26)12-25-19(28)14-8-5-4-7-13(14)18(27)22-25/h4-5,7-8H,2-3,6,9-12H2,1H3,(H,22,27). The Bertz CT molecular complexity index is 1140. The van der Waals surface area contributed by atoms with Gasteiger partial charge in [0.2, 0.25) is 5.91 Å². The molecule has 0 radical (unpaired) electrons. The van der Waals surface area contributed by atoms with Crippen LogP contribution in [-0.2, 0) is 30.8 Å². The van der Waals surface area contributed by atoms with Gasteiger partial charge in [0.15, 0.2) is 5.82 Å². The lowest BCUT2D eigenvalue weighted by Crippen LogP contribution is -2.37. The van der Waals surface area contributed by atoms with Gasteiger partial charge < -0.3 is 9.47 Å². The Kier molecular flexibility index (Phi) is 4.81. The van der Waals surface area contributed by atoms with E-state index in [-0.39, 0.29) is 12.5 Å². The molecule has 0 saturated heterocycles. The van der Waals surface area contributed by atoms with Crippen molar-refractivity contribution in [1.29, 1.82) is 0 Å². The number of aryl methyl sites for hydroxylation is 1. The molecule has 4 rings (SSSR count). The number of H-pyrrole nitrogens is 1. The van der Waals surface area contributed by atoms with Gasteiger partial charge in [-0.15, -0.1) is 10.2 Å². The van der Waals surface area contributed by atoms with Crippen LogP contribution in [0.4, 0.5) is 0 Å². The Morgan fingerprint density at radius 3 is 2.75 bits per heavy atom. The van der Waals surface area contributed by atoms with Gasteiger partial charge in [-0.2, -0.15) is 0 Å². The van der Waals surface area contributed by atoms with Crippen molar-refractivity contribution in [3.8, 4) is 0 Å². The maximum Gasteiger partial charge on any atom is 0.273 e. The summed E-state index contributed by atoms with van der Waals surface area (Å²) in [7, 11) is 1.66. The zero-order chi connectivity index (χ0) is 19.7. The van der Waals surface area contributed by atoms with Crippen molar-refractivity contribution < 1.29 is 4.79 Å². The topological polar surface area (TPSA) is 106 Å². The number of carbonyl (C=O) groups is 1. The molecule has 1 amide bonds. The smallest absolute Gasteiger partial charge is 0.273 e. The summed E-state index contributed by atoms with van der Waals surface area (Å²) in [6.07, 6.45) is 4.24. The molecule has 9 heteroatoms. The summed E-state index contributed by atoms with van der Waals surface area (Å²) in [5.74, 6) is 1.41. The van der Waals surface area contributed by atoms with E-state index >= 15 is 0 Å². The van der Waals surface area contributed by atoms with Crippen molar-refractivity contribution in [1.82, 2.24) is 29.4 Å². The Balaban J connectivity index is 1.54. The monoisotopic (exact) mass is 382 g/mol. The fraction of sp³-hybridized carbons (Fsp3) is 0.421. The van der Waals surface area contributed by atoms with E-state index < -0.39 is 11.1 Å². The molecule has 0 saturated carbocycles. The first-order valence-corrected chi connectivity index (χ1v) is 9.41. The molecule has 1 aliphatic rings. The second-order valence-electron chi connectivity index (χ2n) is 7.12. The zero-order valence-corrected chi connectivity index (χ0v) is 15.7. The van der Waals surface area contributed by atoms with Crippen molar-refractivity contribution in [2.75, 3.05) is 7.05 Å². The van der Waals surface area contributed by atoms with Gasteiger partial charge in [-0.3, -0.25) is 19.5 Å². The Morgan fingerprint density at radius 2 is 1.93 bits per heavy atom. The molecule has 0 aliphatic carbocycles. The fourth-order valence-corrected chi connectivity index (χ4v) is 3.58. The van der Waals surface area contributed by atoms with Gasteiger partial charge in [0, 0.05) is 20.0 Å². The Labute approximate surface area is 160 Å². The van der Waals surface area contributed by atoms with Gasteiger partial charge >= 0.3 is 0 Å². The quantitative estimate of drug-likeness (QED) is 0.714. The lowest BCUT2D eigenvalue weighted by Gasteiger charge is -2.18. The van der Waals surface area contributed by atoms with E-state index in [0.29, 0.717) is 17.3 Å².